The fourth-order valence-electron chi connectivity index (χ4n) is 3.39. The van der Waals surface area contributed by atoms with Crippen LogP contribution in [0, 0.1) is 5.92 Å². The number of benzodiazepines with no additional fused rings is 1. The number of fused-ring (bicyclic) bond motifs is 1. The number of nitrogens with two attached hydrogens (primary N) is 1. The van der Waals surface area contributed by atoms with Crippen LogP contribution in [0.2, 0.25) is 0 Å². The lowest BCUT2D eigenvalue weighted by atomic mass is 9.83. The second-order valence-electron chi connectivity index (χ2n) is 6.04. The van der Waals surface area contributed by atoms with E-state index in [9.17, 15) is 9.59 Å². The maximum atomic E-state index is 12.6. The molecule has 3 rings (SSSR count). The lowest BCUT2D eigenvalue weighted by Crippen LogP contribution is -2.44. The molecule has 3 N–H and O–H groups in total. The zero-order valence-corrected chi connectivity index (χ0v) is 12.9. The first kappa shape index (κ1) is 14.4. The fourth-order valence-corrected chi connectivity index (χ4v) is 3.39. The minimum absolute atomic E-state index is 0.160. The van der Waals surface area contributed by atoms with Gasteiger partial charge in [0.2, 0.25) is 0 Å². The third-order valence-corrected chi connectivity index (χ3v) is 4.46. The first-order valence-corrected chi connectivity index (χ1v) is 7.95. The summed E-state index contributed by atoms with van der Waals surface area (Å²) in [5.41, 5.74) is 7.59. The molecule has 6 heteroatoms. The van der Waals surface area contributed by atoms with Crippen LogP contribution < -0.4 is 10.6 Å². The number of rotatable bonds is 3. The molecule has 1 aromatic carbocycles. The number of hydrogen-bond donors (Lipinski definition) is 2. The Labute approximate surface area is 136 Å². The molecular formula is C17H21N3O3. The Kier molecular flexibility index (Phi) is 4.06. The normalized spacial score (nSPS) is 22.9. The molecule has 0 radical (unpaired) electrons. The average molecular weight is 316 g/mol. The Morgan fingerprint density at radius 2 is 2.13 bits per heavy atom. The molecule has 122 valence electrons. The largest absolute Gasteiger partial charge is 0.480 e. The molecule has 2 aliphatic rings. The van der Waals surface area contributed by atoms with Gasteiger partial charge < -0.3 is 10.8 Å². The summed E-state index contributed by atoms with van der Waals surface area (Å²) in [6.45, 7) is -0.490. The summed E-state index contributed by atoms with van der Waals surface area (Å²) in [6.07, 6.45) is 4.12. The van der Waals surface area contributed by atoms with Gasteiger partial charge >= 0.3 is 5.97 Å². The zero-order valence-electron chi connectivity index (χ0n) is 13.9. The molecular weight excluding hydrogens is 294 g/mol. The molecule has 23 heavy (non-hydrogen) atoms. The van der Waals surface area contributed by atoms with Crippen molar-refractivity contribution in [1.29, 1.82) is 0 Å². The quantitative estimate of drug-likeness (QED) is 0.888. The van der Waals surface area contributed by atoms with Crippen molar-refractivity contribution in [2.24, 2.45) is 16.6 Å². The number of aliphatic carboxylic acids is 1. The highest BCUT2D eigenvalue weighted by molar-refractivity contribution is 6.14. The van der Waals surface area contributed by atoms with Gasteiger partial charge in [0.05, 0.1) is 7.06 Å². The van der Waals surface area contributed by atoms with Gasteiger partial charge in [0.25, 0.3) is 5.91 Å². The van der Waals surface area contributed by atoms with Crippen LogP contribution in [0.1, 0.15) is 39.0 Å². The van der Waals surface area contributed by atoms with Crippen molar-refractivity contribution in [1.82, 2.24) is 0 Å². The van der Waals surface area contributed by atoms with Crippen LogP contribution in [0.4, 0.5) is 5.69 Å². The number of carbonyl (C=O) groups excluding carboxylic acids is 1. The number of hydrogen-bond acceptors (Lipinski definition) is 4. The van der Waals surface area contributed by atoms with E-state index in [4.69, 9.17) is 12.2 Å². The molecule has 0 bridgehead atoms. The number of aliphatic imine (C=N–C) groups is 1. The standard InChI is InChI=1S/C17H21N3O3/c18-16-17(23)20(10-14(21)22)13-9-5-4-8-12(13)15(19-16)11-6-2-1-3-7-11/h4-5,8-9,11,16H,1-3,6-7,10,18H2,(H,21,22)/i8D. The van der Waals surface area contributed by atoms with Crippen molar-refractivity contribution in [3.8, 4) is 0 Å². The molecule has 1 amide bonds. The maximum absolute atomic E-state index is 12.6. The molecule has 1 saturated carbocycles. The summed E-state index contributed by atoms with van der Waals surface area (Å²) in [5.74, 6) is -1.51. The number of amides is 1. The van der Waals surface area contributed by atoms with E-state index in [0.717, 1.165) is 30.6 Å². The molecule has 1 aliphatic heterocycles. The van der Waals surface area contributed by atoms with E-state index >= 15 is 0 Å². The number of carboxylic acid groups (broad SMARTS) is 1. The summed E-state index contributed by atoms with van der Waals surface area (Å²) in [4.78, 5) is 29.3. The van der Waals surface area contributed by atoms with Crippen LogP contribution in [-0.2, 0) is 9.59 Å². The predicted molar refractivity (Wildman–Crippen MR) is 87.5 cm³/mol. The Balaban J connectivity index is 2.14. The van der Waals surface area contributed by atoms with Gasteiger partial charge in [-0.3, -0.25) is 19.5 Å². The van der Waals surface area contributed by atoms with Gasteiger partial charge in [0.1, 0.15) is 6.54 Å². The van der Waals surface area contributed by atoms with Crippen molar-refractivity contribution in [2.75, 3.05) is 11.4 Å². The highest BCUT2D eigenvalue weighted by Crippen LogP contribution is 2.33. The molecule has 1 heterocycles. The van der Waals surface area contributed by atoms with E-state index in [2.05, 4.69) is 4.99 Å². The third-order valence-electron chi connectivity index (χ3n) is 4.46. The fraction of sp³-hybridized carbons (Fsp3) is 0.471. The first-order chi connectivity index (χ1) is 11.5. The molecule has 0 aromatic heterocycles. The predicted octanol–water partition coefficient (Wildman–Crippen LogP) is 1.77. The Morgan fingerprint density at radius 3 is 2.83 bits per heavy atom. The minimum atomic E-state index is -1.13. The monoisotopic (exact) mass is 316 g/mol. The van der Waals surface area contributed by atoms with E-state index < -0.39 is 24.6 Å². The van der Waals surface area contributed by atoms with Crippen molar-refractivity contribution in [3.63, 3.8) is 0 Å². The third kappa shape index (κ3) is 3.12. The van der Waals surface area contributed by atoms with E-state index in [1.54, 1.807) is 18.2 Å². The first-order valence-electron chi connectivity index (χ1n) is 8.45. The molecule has 6 nitrogen and oxygen atoms in total. The summed E-state index contributed by atoms with van der Waals surface area (Å²) in [5, 5.41) is 9.15. The Hall–Kier alpha value is -2.21. The smallest absolute Gasteiger partial charge is 0.323 e. The molecule has 1 aromatic rings. The molecule has 0 saturated heterocycles. The number of anilines is 1. The summed E-state index contributed by atoms with van der Waals surface area (Å²) in [7, 11) is 0. The van der Waals surface area contributed by atoms with Crippen LogP contribution in [0.15, 0.2) is 29.2 Å². The minimum Gasteiger partial charge on any atom is -0.480 e. The highest BCUT2D eigenvalue weighted by Gasteiger charge is 2.33. The second kappa shape index (κ2) is 6.50. The summed E-state index contributed by atoms with van der Waals surface area (Å²) in [6, 6.07) is 5.20. The van der Waals surface area contributed by atoms with Crippen LogP contribution in [0.25, 0.3) is 0 Å². The zero-order chi connectivity index (χ0) is 17.3. The number of para-hydroxylation sites is 1. The number of carbonyl (C=O) groups is 2. The molecule has 1 unspecified atom stereocenters. The van der Waals surface area contributed by atoms with Crippen molar-refractivity contribution >= 4 is 23.3 Å². The average Bonchev–Trinajstić information content (AvgIpc) is 2.67. The van der Waals surface area contributed by atoms with Crippen molar-refractivity contribution in [2.45, 2.75) is 38.3 Å². The van der Waals surface area contributed by atoms with Crippen molar-refractivity contribution in [3.05, 3.63) is 29.8 Å². The van der Waals surface area contributed by atoms with Crippen LogP contribution >= 0.6 is 0 Å². The van der Waals surface area contributed by atoms with E-state index in [1.807, 2.05) is 0 Å². The molecule has 1 atom stereocenters. The van der Waals surface area contributed by atoms with E-state index in [-0.39, 0.29) is 12.0 Å². The Bertz CT molecular complexity index is 698. The van der Waals surface area contributed by atoms with Crippen LogP contribution in [-0.4, -0.2) is 35.4 Å². The molecule has 1 fully saturated rings. The van der Waals surface area contributed by atoms with Crippen LogP contribution in [0.5, 0.6) is 0 Å². The molecule has 0 spiro atoms. The van der Waals surface area contributed by atoms with Gasteiger partial charge in [-0.15, -0.1) is 0 Å². The van der Waals surface area contributed by atoms with Gasteiger partial charge in [-0.1, -0.05) is 37.4 Å². The van der Waals surface area contributed by atoms with Gasteiger partial charge in [0.15, 0.2) is 6.17 Å². The summed E-state index contributed by atoms with van der Waals surface area (Å²) < 4.78 is 8.29. The van der Waals surface area contributed by atoms with Gasteiger partial charge in [-0.25, -0.2) is 0 Å². The lowest BCUT2D eigenvalue weighted by molar-refractivity contribution is -0.136. The number of nitrogens with zero attached hydrogens (tertiary/aromatic N) is 2. The van der Waals surface area contributed by atoms with Gasteiger partial charge in [-0.05, 0) is 18.9 Å². The maximum Gasteiger partial charge on any atom is 0.323 e. The second-order valence-corrected chi connectivity index (χ2v) is 6.04. The summed E-state index contributed by atoms with van der Waals surface area (Å²) >= 11 is 0. The van der Waals surface area contributed by atoms with E-state index in [0.29, 0.717) is 17.0 Å². The topological polar surface area (TPSA) is 96.0 Å². The highest BCUT2D eigenvalue weighted by atomic mass is 16.4. The van der Waals surface area contributed by atoms with Crippen molar-refractivity contribution < 1.29 is 16.1 Å². The number of carboxylic acids is 1. The SMILES string of the molecule is [2H]c1cccc2c1C(C1CCCCC1)=NC(N)C(=O)N2CC(=O)O. The van der Waals surface area contributed by atoms with E-state index in [1.165, 1.54) is 6.42 Å². The van der Waals surface area contributed by atoms with Gasteiger partial charge in [0, 0.05) is 17.2 Å². The lowest BCUT2D eigenvalue weighted by Gasteiger charge is -2.25. The Morgan fingerprint density at radius 1 is 1.39 bits per heavy atom. The molecule has 1 aliphatic carbocycles. The number of benzene rings is 1. The van der Waals surface area contributed by atoms with Gasteiger partial charge in [-0.2, -0.15) is 0 Å². The van der Waals surface area contributed by atoms with Crippen LogP contribution in [0.3, 0.4) is 0 Å².